The summed E-state index contributed by atoms with van der Waals surface area (Å²) in [6.07, 6.45) is 0.836. The number of rotatable bonds is 4. The Hall–Kier alpha value is -1.14. The molecule has 0 aliphatic carbocycles. The number of amides is 1. The van der Waals surface area contributed by atoms with Crippen LogP contribution in [-0.2, 0) is 14.3 Å². The van der Waals surface area contributed by atoms with E-state index in [4.69, 9.17) is 10.5 Å². The maximum Gasteiger partial charge on any atom is 0.311 e. The fourth-order valence-corrected chi connectivity index (χ4v) is 1.65. The van der Waals surface area contributed by atoms with Crippen LogP contribution >= 0.6 is 0 Å². The monoisotopic (exact) mass is 230 g/mol. The molecule has 1 fully saturated rings. The average molecular weight is 230 g/mol. The second-order valence-corrected chi connectivity index (χ2v) is 4.20. The van der Waals surface area contributed by atoms with Gasteiger partial charge in [0, 0.05) is 19.8 Å². The van der Waals surface area contributed by atoms with Gasteiger partial charge in [0.15, 0.2) is 0 Å². The average Bonchev–Trinajstić information content (AvgIpc) is 2.26. The first-order chi connectivity index (χ1) is 7.48. The molecule has 0 saturated carbocycles. The zero-order valence-electron chi connectivity index (χ0n) is 9.36. The number of nitrogens with one attached hydrogen (secondary N) is 1. The predicted molar refractivity (Wildman–Crippen MR) is 56.8 cm³/mol. The summed E-state index contributed by atoms with van der Waals surface area (Å²) in [7, 11) is 0. The summed E-state index contributed by atoms with van der Waals surface area (Å²) in [6.45, 7) is 2.51. The molecule has 0 unspecified atom stereocenters. The minimum atomic E-state index is -0.900. The maximum atomic E-state index is 11.3. The van der Waals surface area contributed by atoms with Gasteiger partial charge in [-0.2, -0.15) is 0 Å². The minimum absolute atomic E-state index is 0.117. The molecule has 0 aromatic heterocycles. The van der Waals surface area contributed by atoms with Gasteiger partial charge in [-0.25, -0.2) is 0 Å². The SMILES string of the molecule is C[C@@H](N)C(=O)NCC1(C(=O)O)CCOCC1. The molecule has 1 aliphatic rings. The molecule has 1 atom stereocenters. The van der Waals surface area contributed by atoms with Crippen LogP contribution in [0.3, 0.4) is 0 Å². The van der Waals surface area contributed by atoms with Crippen molar-refractivity contribution >= 4 is 11.9 Å². The fourth-order valence-electron chi connectivity index (χ4n) is 1.65. The number of hydrogen-bond donors (Lipinski definition) is 3. The lowest BCUT2D eigenvalue weighted by molar-refractivity contribution is -0.154. The van der Waals surface area contributed by atoms with Crippen LogP contribution in [0.2, 0.25) is 0 Å². The van der Waals surface area contributed by atoms with Crippen LogP contribution in [-0.4, -0.2) is 42.8 Å². The lowest BCUT2D eigenvalue weighted by Crippen LogP contribution is -2.49. The number of aliphatic carboxylic acids is 1. The van der Waals surface area contributed by atoms with E-state index < -0.39 is 17.4 Å². The first-order valence-electron chi connectivity index (χ1n) is 5.32. The van der Waals surface area contributed by atoms with Crippen LogP contribution in [0.15, 0.2) is 0 Å². The number of carboxylic acids is 1. The van der Waals surface area contributed by atoms with Gasteiger partial charge >= 0.3 is 5.97 Å². The molecule has 6 nitrogen and oxygen atoms in total. The van der Waals surface area contributed by atoms with Crippen LogP contribution in [0, 0.1) is 5.41 Å². The standard InChI is InChI=1S/C10H18N2O4/c1-7(11)8(13)12-6-10(9(14)15)2-4-16-5-3-10/h7H,2-6,11H2,1H3,(H,12,13)(H,14,15)/t7-/m1/s1. The van der Waals surface area contributed by atoms with Crippen molar-refractivity contribution in [2.75, 3.05) is 19.8 Å². The van der Waals surface area contributed by atoms with Crippen molar-refractivity contribution in [1.82, 2.24) is 5.32 Å². The number of carbonyl (C=O) groups is 2. The molecule has 0 aromatic rings. The second-order valence-electron chi connectivity index (χ2n) is 4.20. The molecule has 1 rings (SSSR count). The lowest BCUT2D eigenvalue weighted by Gasteiger charge is -2.33. The highest BCUT2D eigenvalue weighted by Gasteiger charge is 2.40. The summed E-state index contributed by atoms with van der Waals surface area (Å²) in [5, 5.41) is 11.8. The Morgan fingerprint density at radius 1 is 1.50 bits per heavy atom. The van der Waals surface area contributed by atoms with Crippen molar-refractivity contribution in [3.05, 3.63) is 0 Å². The van der Waals surface area contributed by atoms with Crippen molar-refractivity contribution in [2.24, 2.45) is 11.1 Å². The van der Waals surface area contributed by atoms with E-state index in [9.17, 15) is 14.7 Å². The summed E-state index contributed by atoms with van der Waals surface area (Å²) in [6, 6.07) is -0.620. The van der Waals surface area contributed by atoms with Gasteiger partial charge in [-0.05, 0) is 19.8 Å². The van der Waals surface area contributed by atoms with Crippen molar-refractivity contribution in [3.63, 3.8) is 0 Å². The number of carboxylic acid groups (broad SMARTS) is 1. The van der Waals surface area contributed by atoms with Crippen molar-refractivity contribution in [2.45, 2.75) is 25.8 Å². The molecule has 92 valence electrons. The van der Waals surface area contributed by atoms with Crippen molar-refractivity contribution < 1.29 is 19.4 Å². The predicted octanol–water partition coefficient (Wildman–Crippen LogP) is -0.669. The molecule has 4 N–H and O–H groups in total. The Morgan fingerprint density at radius 3 is 2.50 bits per heavy atom. The van der Waals surface area contributed by atoms with Gasteiger partial charge in [-0.15, -0.1) is 0 Å². The lowest BCUT2D eigenvalue weighted by atomic mass is 9.80. The van der Waals surface area contributed by atoms with E-state index in [-0.39, 0.29) is 12.5 Å². The third kappa shape index (κ3) is 2.93. The number of hydrogen-bond acceptors (Lipinski definition) is 4. The van der Waals surface area contributed by atoms with Crippen molar-refractivity contribution in [3.8, 4) is 0 Å². The van der Waals surface area contributed by atoms with E-state index in [1.165, 1.54) is 0 Å². The largest absolute Gasteiger partial charge is 0.481 e. The topological polar surface area (TPSA) is 102 Å². The molecule has 6 heteroatoms. The molecule has 1 aliphatic heterocycles. The van der Waals surface area contributed by atoms with Crippen molar-refractivity contribution in [1.29, 1.82) is 0 Å². The third-order valence-electron chi connectivity index (χ3n) is 2.92. The smallest absolute Gasteiger partial charge is 0.311 e. The summed E-state index contributed by atoms with van der Waals surface area (Å²) in [5.74, 6) is -1.21. The van der Waals surface area contributed by atoms with Gasteiger partial charge < -0.3 is 20.9 Å². The van der Waals surface area contributed by atoms with E-state index in [0.29, 0.717) is 26.1 Å². The highest BCUT2D eigenvalue weighted by atomic mass is 16.5. The van der Waals surface area contributed by atoms with Crippen LogP contribution in [0.5, 0.6) is 0 Å². The quantitative estimate of drug-likeness (QED) is 0.594. The maximum absolute atomic E-state index is 11.3. The summed E-state index contributed by atoms with van der Waals surface area (Å²) in [5.41, 5.74) is 4.49. The van der Waals surface area contributed by atoms with Crippen LogP contribution in [0.4, 0.5) is 0 Å². The highest BCUT2D eigenvalue weighted by molar-refractivity contribution is 5.82. The van der Waals surface area contributed by atoms with Gasteiger partial charge in [-0.1, -0.05) is 0 Å². The summed E-state index contributed by atoms with van der Waals surface area (Å²) in [4.78, 5) is 22.5. The Labute approximate surface area is 94.1 Å². The number of carbonyl (C=O) groups excluding carboxylic acids is 1. The molecule has 1 amide bonds. The van der Waals surface area contributed by atoms with Crippen LogP contribution in [0.1, 0.15) is 19.8 Å². The number of ether oxygens (including phenoxy) is 1. The van der Waals surface area contributed by atoms with E-state index in [0.717, 1.165) is 0 Å². The molecule has 1 saturated heterocycles. The molecule has 0 radical (unpaired) electrons. The summed E-state index contributed by atoms with van der Waals surface area (Å²) < 4.78 is 5.13. The van der Waals surface area contributed by atoms with E-state index in [1.54, 1.807) is 6.92 Å². The zero-order valence-corrected chi connectivity index (χ0v) is 9.36. The second kappa shape index (κ2) is 5.27. The van der Waals surface area contributed by atoms with Gasteiger partial charge in [0.25, 0.3) is 0 Å². The van der Waals surface area contributed by atoms with Gasteiger partial charge in [-0.3, -0.25) is 9.59 Å². The van der Waals surface area contributed by atoms with E-state index in [1.807, 2.05) is 0 Å². The normalized spacial score (nSPS) is 21.1. The molecule has 0 bridgehead atoms. The first kappa shape index (κ1) is 12.9. The molecule has 16 heavy (non-hydrogen) atoms. The molecule has 1 heterocycles. The Balaban J connectivity index is 2.58. The summed E-state index contributed by atoms with van der Waals surface area (Å²) >= 11 is 0. The molecule has 0 spiro atoms. The van der Waals surface area contributed by atoms with Gasteiger partial charge in [0.1, 0.15) is 0 Å². The molecular formula is C10H18N2O4. The Morgan fingerprint density at radius 2 is 2.06 bits per heavy atom. The van der Waals surface area contributed by atoms with Gasteiger partial charge in [0.05, 0.1) is 11.5 Å². The minimum Gasteiger partial charge on any atom is -0.481 e. The first-order valence-corrected chi connectivity index (χ1v) is 5.32. The van der Waals surface area contributed by atoms with Gasteiger partial charge in [0.2, 0.25) is 5.91 Å². The van der Waals surface area contributed by atoms with Crippen LogP contribution < -0.4 is 11.1 Å². The molecular weight excluding hydrogens is 212 g/mol. The fraction of sp³-hybridized carbons (Fsp3) is 0.800. The van der Waals surface area contributed by atoms with E-state index >= 15 is 0 Å². The molecule has 0 aromatic carbocycles. The zero-order chi connectivity index (χ0) is 12.2. The highest BCUT2D eigenvalue weighted by Crippen LogP contribution is 2.29. The third-order valence-corrected chi connectivity index (χ3v) is 2.92. The van der Waals surface area contributed by atoms with E-state index in [2.05, 4.69) is 5.32 Å². The Bertz CT molecular complexity index is 272. The Kier molecular flexibility index (Phi) is 4.26. The number of nitrogens with two attached hydrogens (primary N) is 1. The van der Waals surface area contributed by atoms with Crippen LogP contribution in [0.25, 0.3) is 0 Å².